The summed E-state index contributed by atoms with van der Waals surface area (Å²) < 4.78 is 56.0. The summed E-state index contributed by atoms with van der Waals surface area (Å²) in [7, 11) is 0. The molecule has 0 fully saturated rings. The van der Waals surface area contributed by atoms with Crippen LogP contribution in [0, 0.1) is 0 Å². The van der Waals surface area contributed by atoms with Crippen LogP contribution in [-0.2, 0) is 0 Å². The molecule has 0 radical (unpaired) electrons. The molecule has 2 heterocycles. The number of fused-ring (bicyclic) bond motifs is 7. The van der Waals surface area contributed by atoms with Crippen LogP contribution in [-0.4, -0.2) is 0 Å². The van der Waals surface area contributed by atoms with Crippen molar-refractivity contribution in [1.82, 2.24) is 0 Å². The molecule has 52 heavy (non-hydrogen) atoms. The van der Waals surface area contributed by atoms with E-state index in [-0.39, 0.29) is 29.7 Å². The molecule has 0 atom stereocenters. The molecule has 11 rings (SSSR count). The highest BCUT2D eigenvalue weighted by atomic mass is 16.3. The minimum atomic E-state index is -0.426. The number of benzene rings is 9. The van der Waals surface area contributed by atoms with Gasteiger partial charge in [0.15, 0.2) is 0 Å². The van der Waals surface area contributed by atoms with Gasteiger partial charge in [0.2, 0.25) is 0 Å². The molecule has 11 aromatic rings. The van der Waals surface area contributed by atoms with Crippen LogP contribution in [0.1, 0.15) is 6.85 Å². The second-order valence-corrected chi connectivity index (χ2v) is 13.2. The lowest BCUT2D eigenvalue weighted by molar-refractivity contribution is 0.634. The molecule has 0 unspecified atom stereocenters. The van der Waals surface area contributed by atoms with E-state index in [2.05, 4.69) is 103 Å². The molecule has 9 aromatic carbocycles. The first-order valence-corrected chi connectivity index (χ1v) is 17.4. The Morgan fingerprint density at radius 2 is 0.942 bits per heavy atom. The first-order valence-electron chi connectivity index (χ1n) is 19.9. The number of hydrogen-bond acceptors (Lipinski definition) is 2. The third-order valence-electron chi connectivity index (χ3n) is 10.4. The fourth-order valence-electron chi connectivity index (χ4n) is 8.19. The summed E-state index contributed by atoms with van der Waals surface area (Å²) in [6.45, 7) is 0. The summed E-state index contributed by atoms with van der Waals surface area (Å²) in [4.78, 5) is 0. The minimum Gasteiger partial charge on any atom is -0.456 e. The van der Waals surface area contributed by atoms with Crippen molar-refractivity contribution in [3.05, 3.63) is 182 Å². The highest BCUT2D eigenvalue weighted by Crippen LogP contribution is 2.50. The molecule has 0 saturated carbocycles. The van der Waals surface area contributed by atoms with Crippen LogP contribution in [0.4, 0.5) is 0 Å². The Kier molecular flexibility index (Phi) is 5.28. The van der Waals surface area contributed by atoms with Crippen molar-refractivity contribution in [1.29, 1.82) is 0 Å². The van der Waals surface area contributed by atoms with Gasteiger partial charge < -0.3 is 8.83 Å². The van der Waals surface area contributed by atoms with E-state index in [1.165, 1.54) is 21.9 Å². The molecule has 0 aliphatic carbocycles. The fourth-order valence-corrected chi connectivity index (χ4v) is 8.19. The molecule has 0 saturated heterocycles. The van der Waals surface area contributed by atoms with Gasteiger partial charge in [-0.2, -0.15) is 0 Å². The predicted octanol–water partition coefficient (Wildman–Crippen LogP) is 14.5. The van der Waals surface area contributed by atoms with Gasteiger partial charge in [-0.1, -0.05) is 158 Å². The van der Waals surface area contributed by atoms with Crippen LogP contribution in [0.15, 0.2) is 191 Å². The number of para-hydroxylation sites is 1. The monoisotopic (exact) mass is 667 g/mol. The third kappa shape index (κ3) is 4.25. The second kappa shape index (κ2) is 11.3. The minimum absolute atomic E-state index is 0.137. The van der Waals surface area contributed by atoms with Crippen LogP contribution in [0.2, 0.25) is 0 Å². The predicted molar refractivity (Wildman–Crippen MR) is 218 cm³/mol. The Bertz CT molecular complexity index is 3390. The molecule has 242 valence electrons. The van der Waals surface area contributed by atoms with E-state index in [9.17, 15) is 0 Å². The molecule has 2 nitrogen and oxygen atoms in total. The molecule has 0 bridgehead atoms. The van der Waals surface area contributed by atoms with Crippen molar-refractivity contribution in [3.63, 3.8) is 0 Å². The first-order chi connectivity index (χ1) is 27.9. The summed E-state index contributed by atoms with van der Waals surface area (Å²) >= 11 is 0. The molecular weight excluding hydrogens is 633 g/mol. The van der Waals surface area contributed by atoms with E-state index >= 15 is 0 Å². The normalized spacial score (nSPS) is 13.2. The van der Waals surface area contributed by atoms with E-state index in [0.29, 0.717) is 22.1 Å². The van der Waals surface area contributed by atoms with Crippen LogP contribution in [0.3, 0.4) is 0 Å². The van der Waals surface area contributed by atoms with Gasteiger partial charge in [0.1, 0.15) is 22.5 Å². The molecule has 0 amide bonds. The largest absolute Gasteiger partial charge is 0.456 e. The second-order valence-electron chi connectivity index (χ2n) is 13.2. The summed E-state index contributed by atoms with van der Waals surface area (Å²) in [5, 5.41) is 9.15. The zero-order valence-corrected chi connectivity index (χ0v) is 27.8. The molecule has 0 aliphatic rings. The zero-order valence-electron chi connectivity index (χ0n) is 32.8. The van der Waals surface area contributed by atoms with Crippen molar-refractivity contribution in [2.24, 2.45) is 0 Å². The Morgan fingerprint density at radius 1 is 0.365 bits per heavy atom. The van der Waals surface area contributed by atoms with Gasteiger partial charge in [0, 0.05) is 27.3 Å². The maximum Gasteiger partial charge on any atom is 0.144 e. The summed E-state index contributed by atoms with van der Waals surface area (Å²) in [5.41, 5.74) is 7.75. The third-order valence-corrected chi connectivity index (χ3v) is 10.4. The maximum atomic E-state index is 8.80. The van der Waals surface area contributed by atoms with Gasteiger partial charge >= 0.3 is 0 Å². The van der Waals surface area contributed by atoms with Gasteiger partial charge in [-0.15, -0.1) is 0 Å². The van der Waals surface area contributed by atoms with Crippen LogP contribution < -0.4 is 0 Å². The standard InChI is InChI=1S/C50H30O2/c1-2-14-32(15-3-1)35-24-13-27-45-48(35)42-30-33(28-29-44(42)51-45)46-41-23-10-11-26-43(41)52-50(46)49-39-21-8-6-19-37(39)47(38-20-7-9-22-40(38)49)36-25-12-17-31-16-4-5-18-34(31)36/h1-30H/i1D,2D,3D,14D,15D. The van der Waals surface area contributed by atoms with Crippen molar-refractivity contribution in [2.45, 2.75) is 0 Å². The molecule has 2 aromatic heterocycles. The quantitative estimate of drug-likeness (QED) is 0.175. The highest BCUT2D eigenvalue weighted by molar-refractivity contribution is 6.25. The smallest absolute Gasteiger partial charge is 0.144 e. The Hall–Kier alpha value is -6.90. The van der Waals surface area contributed by atoms with Crippen LogP contribution in [0.25, 0.3) is 110 Å². The molecule has 0 spiro atoms. The van der Waals surface area contributed by atoms with E-state index in [1.807, 2.05) is 36.4 Å². The van der Waals surface area contributed by atoms with Gasteiger partial charge in [-0.3, -0.25) is 0 Å². The molecule has 0 aliphatic heterocycles. The molecule has 0 N–H and O–H groups in total. The molecule has 2 heteroatoms. The van der Waals surface area contributed by atoms with Gasteiger partial charge in [0.05, 0.1) is 6.85 Å². The topological polar surface area (TPSA) is 26.3 Å². The van der Waals surface area contributed by atoms with Crippen LogP contribution >= 0.6 is 0 Å². The average molecular weight is 668 g/mol. The van der Waals surface area contributed by atoms with Gasteiger partial charge in [0.25, 0.3) is 0 Å². The lowest BCUT2D eigenvalue weighted by Crippen LogP contribution is -1.92. The number of rotatable bonds is 4. The summed E-state index contributed by atoms with van der Waals surface area (Å²) in [5.74, 6) is 0.742. The average Bonchev–Trinajstić information content (AvgIpc) is 3.82. The highest BCUT2D eigenvalue weighted by Gasteiger charge is 2.25. The first kappa shape index (κ1) is 24.3. The van der Waals surface area contributed by atoms with Crippen LogP contribution in [0.5, 0.6) is 0 Å². The van der Waals surface area contributed by atoms with E-state index in [4.69, 9.17) is 15.7 Å². The number of hydrogen-bond donors (Lipinski definition) is 0. The van der Waals surface area contributed by atoms with Crippen molar-refractivity contribution in [2.75, 3.05) is 0 Å². The lowest BCUT2D eigenvalue weighted by Gasteiger charge is -2.18. The fraction of sp³-hybridized carbons (Fsp3) is 0. The van der Waals surface area contributed by atoms with Crippen molar-refractivity contribution >= 4 is 65.2 Å². The SMILES string of the molecule is [2H]c1c([2H])c([2H])c(-c2cccc3oc4ccc(-c5c(-c6c7ccccc7c(-c7cccc8ccccc78)c7ccccc67)oc6ccccc56)cc4c23)c([2H])c1[2H]. The van der Waals surface area contributed by atoms with E-state index < -0.39 is 6.04 Å². The van der Waals surface area contributed by atoms with E-state index in [1.54, 1.807) is 12.1 Å². The lowest BCUT2D eigenvalue weighted by atomic mass is 9.85. The summed E-state index contributed by atoms with van der Waals surface area (Å²) in [6.07, 6.45) is 0. The Morgan fingerprint density at radius 3 is 1.71 bits per heavy atom. The van der Waals surface area contributed by atoms with Crippen molar-refractivity contribution in [3.8, 4) is 44.7 Å². The van der Waals surface area contributed by atoms with Crippen molar-refractivity contribution < 1.29 is 15.7 Å². The van der Waals surface area contributed by atoms with Gasteiger partial charge in [-0.25, -0.2) is 0 Å². The Labute approximate surface area is 306 Å². The Balaban J connectivity index is 1.23. The molecular formula is C50H30O2. The number of furan rings is 2. The van der Waals surface area contributed by atoms with E-state index in [0.717, 1.165) is 60.4 Å². The summed E-state index contributed by atoms with van der Waals surface area (Å²) in [6, 6.07) is 50.1. The van der Waals surface area contributed by atoms with Gasteiger partial charge in [-0.05, 0) is 84.4 Å². The maximum absolute atomic E-state index is 8.80. The zero-order chi connectivity index (χ0) is 38.5.